The fraction of sp³-hybridized carbons (Fsp3) is 0.333. The van der Waals surface area contributed by atoms with Gasteiger partial charge in [-0.25, -0.2) is 4.98 Å². The van der Waals surface area contributed by atoms with Gasteiger partial charge in [0.25, 0.3) is 0 Å². The molecule has 2 fully saturated rings. The molecule has 0 unspecified atom stereocenters. The topological polar surface area (TPSA) is 112 Å². The number of nitrogens with one attached hydrogen (secondary N) is 1. The van der Waals surface area contributed by atoms with Crippen molar-refractivity contribution in [2.45, 2.75) is 0 Å². The van der Waals surface area contributed by atoms with Crippen LogP contribution in [0.2, 0.25) is 0 Å². The van der Waals surface area contributed by atoms with Crippen LogP contribution in [0, 0.1) is 5.41 Å². The number of nitrogen functional groups attached to an aromatic ring is 1. The number of aromatic nitrogens is 1. The zero-order valence-corrected chi connectivity index (χ0v) is 18.4. The number of amidine groups is 1. The lowest BCUT2D eigenvalue weighted by Crippen LogP contribution is -2.39. The second-order valence-corrected chi connectivity index (χ2v) is 8.01. The Hall–Kier alpha value is -3.56. The highest BCUT2D eigenvalue weighted by Gasteiger charge is 2.24. The molecule has 0 atom stereocenters. The van der Waals surface area contributed by atoms with Gasteiger partial charge in [-0.2, -0.15) is 5.11 Å². The molecule has 0 radical (unpaired) electrons. The Labute approximate surface area is 192 Å². The summed E-state index contributed by atoms with van der Waals surface area (Å²) in [6.45, 7) is 5.83. The first-order valence-electron chi connectivity index (χ1n) is 11.1. The second kappa shape index (κ2) is 9.51. The Balaban J connectivity index is 1.61. The van der Waals surface area contributed by atoms with Crippen molar-refractivity contribution in [1.82, 2.24) is 4.98 Å². The van der Waals surface area contributed by atoms with Gasteiger partial charge >= 0.3 is 0 Å². The van der Waals surface area contributed by atoms with Crippen LogP contribution in [0.15, 0.2) is 58.8 Å². The van der Waals surface area contributed by atoms with Gasteiger partial charge in [0.15, 0.2) is 5.82 Å². The quantitative estimate of drug-likeness (QED) is 0.352. The van der Waals surface area contributed by atoms with E-state index < -0.39 is 0 Å². The molecular weight excluding hydrogens is 418 g/mol. The summed E-state index contributed by atoms with van der Waals surface area (Å²) in [6.07, 6.45) is 0. The molecule has 9 heteroatoms. The number of nitrogens with zero attached hydrogens (tertiary/aromatic N) is 5. The summed E-state index contributed by atoms with van der Waals surface area (Å²) >= 11 is 0. The Kier molecular flexibility index (Phi) is 6.14. The first kappa shape index (κ1) is 21.3. The lowest BCUT2D eigenvalue weighted by molar-refractivity contribution is 0.121. The number of anilines is 2. The van der Waals surface area contributed by atoms with Gasteiger partial charge in [-0.1, -0.05) is 24.3 Å². The molecular formula is C24H27N7O2. The third-order valence-corrected chi connectivity index (χ3v) is 5.91. The fourth-order valence-corrected chi connectivity index (χ4v) is 4.14. The predicted octanol–water partition coefficient (Wildman–Crippen LogP) is 3.61. The van der Waals surface area contributed by atoms with E-state index in [-0.39, 0.29) is 5.84 Å². The van der Waals surface area contributed by atoms with Crippen molar-refractivity contribution in [3.05, 3.63) is 54.1 Å². The van der Waals surface area contributed by atoms with E-state index in [2.05, 4.69) is 27.0 Å². The summed E-state index contributed by atoms with van der Waals surface area (Å²) in [5, 5.41) is 18.8. The molecule has 2 aliphatic rings. The number of pyridine rings is 1. The fourth-order valence-electron chi connectivity index (χ4n) is 4.14. The van der Waals surface area contributed by atoms with E-state index in [4.69, 9.17) is 30.7 Å². The van der Waals surface area contributed by atoms with Crippen LogP contribution in [-0.4, -0.2) is 63.4 Å². The lowest BCUT2D eigenvalue weighted by atomic mass is 10.1. The Morgan fingerprint density at radius 3 is 1.97 bits per heavy atom. The zero-order valence-electron chi connectivity index (χ0n) is 18.4. The van der Waals surface area contributed by atoms with Crippen LogP contribution in [0.1, 0.15) is 5.56 Å². The summed E-state index contributed by atoms with van der Waals surface area (Å²) in [7, 11) is 0. The first-order valence-corrected chi connectivity index (χ1v) is 11.1. The molecule has 2 aliphatic heterocycles. The number of hydrogen-bond donors (Lipinski definition) is 2. The summed E-state index contributed by atoms with van der Waals surface area (Å²) in [5.41, 5.74) is 7.66. The molecule has 170 valence electrons. The van der Waals surface area contributed by atoms with Crippen LogP contribution in [0.3, 0.4) is 0 Å². The number of nitrogens with two attached hydrogens (primary N) is 1. The Morgan fingerprint density at radius 2 is 1.36 bits per heavy atom. The highest BCUT2D eigenvalue weighted by atomic mass is 16.5. The van der Waals surface area contributed by atoms with Crippen LogP contribution >= 0.6 is 0 Å². The van der Waals surface area contributed by atoms with Gasteiger partial charge in [0.1, 0.15) is 17.3 Å². The van der Waals surface area contributed by atoms with Crippen molar-refractivity contribution in [3.63, 3.8) is 0 Å². The predicted molar refractivity (Wildman–Crippen MR) is 129 cm³/mol. The third kappa shape index (κ3) is 4.50. The average molecular weight is 446 g/mol. The number of azo groups is 1. The first-order chi connectivity index (χ1) is 16.2. The van der Waals surface area contributed by atoms with Crippen LogP contribution in [0.5, 0.6) is 0 Å². The van der Waals surface area contributed by atoms with E-state index in [1.54, 1.807) is 12.1 Å². The van der Waals surface area contributed by atoms with E-state index in [1.807, 2.05) is 24.3 Å². The number of ether oxygens (including phenoxy) is 2. The van der Waals surface area contributed by atoms with Gasteiger partial charge in [-0.3, -0.25) is 5.41 Å². The highest BCUT2D eigenvalue weighted by Crippen LogP contribution is 2.40. The number of fused-ring (bicyclic) bond motifs is 1. The molecule has 0 aliphatic carbocycles. The largest absolute Gasteiger partial charge is 0.384 e. The average Bonchev–Trinajstić information content (AvgIpc) is 2.88. The maximum Gasteiger partial charge on any atom is 0.159 e. The molecule has 2 saturated heterocycles. The van der Waals surface area contributed by atoms with Crippen LogP contribution in [0.4, 0.5) is 23.0 Å². The number of benzene rings is 2. The molecule has 3 aromatic rings. The van der Waals surface area contributed by atoms with Crippen LogP contribution < -0.4 is 15.5 Å². The maximum atomic E-state index is 7.57. The van der Waals surface area contributed by atoms with Crippen LogP contribution in [0.25, 0.3) is 10.8 Å². The lowest BCUT2D eigenvalue weighted by Gasteiger charge is -2.33. The molecule has 3 heterocycles. The van der Waals surface area contributed by atoms with Gasteiger partial charge in [0.2, 0.25) is 0 Å². The summed E-state index contributed by atoms with van der Waals surface area (Å²) < 4.78 is 11.1. The molecule has 0 bridgehead atoms. The van der Waals surface area contributed by atoms with E-state index >= 15 is 0 Å². The normalized spacial score (nSPS) is 17.1. The van der Waals surface area contributed by atoms with E-state index in [0.717, 1.165) is 54.3 Å². The van der Waals surface area contributed by atoms with Gasteiger partial charge in [-0.05, 0) is 24.3 Å². The van der Waals surface area contributed by atoms with Crippen molar-refractivity contribution in [3.8, 4) is 0 Å². The van der Waals surface area contributed by atoms with Gasteiger partial charge < -0.3 is 25.0 Å². The Morgan fingerprint density at radius 1 is 0.788 bits per heavy atom. The Bertz CT molecular complexity index is 1170. The minimum Gasteiger partial charge on any atom is -0.384 e. The molecule has 1 aromatic heterocycles. The van der Waals surface area contributed by atoms with Crippen molar-refractivity contribution in [2.24, 2.45) is 16.0 Å². The molecule has 2 aromatic carbocycles. The molecule has 33 heavy (non-hydrogen) atoms. The van der Waals surface area contributed by atoms with Crippen molar-refractivity contribution in [1.29, 1.82) is 5.41 Å². The summed E-state index contributed by atoms with van der Waals surface area (Å²) in [5.74, 6) is 1.81. The van der Waals surface area contributed by atoms with Gasteiger partial charge in [0.05, 0.1) is 32.1 Å². The van der Waals surface area contributed by atoms with Gasteiger partial charge in [-0.15, -0.1) is 5.11 Å². The minimum absolute atomic E-state index is 0.0296. The third-order valence-electron chi connectivity index (χ3n) is 5.91. The van der Waals surface area contributed by atoms with E-state index in [9.17, 15) is 0 Å². The SMILES string of the molecule is N=C(N)c1ccc(N=Nc2c(N3CCOCC3)nc(N3CCOCC3)c3ccccc23)cc1. The smallest absolute Gasteiger partial charge is 0.159 e. The molecule has 0 amide bonds. The highest BCUT2D eigenvalue weighted by molar-refractivity contribution is 6.03. The van der Waals surface area contributed by atoms with Crippen molar-refractivity contribution >= 4 is 39.6 Å². The zero-order chi connectivity index (χ0) is 22.6. The second-order valence-electron chi connectivity index (χ2n) is 8.01. The number of morpholine rings is 2. The van der Waals surface area contributed by atoms with Crippen LogP contribution in [-0.2, 0) is 9.47 Å². The van der Waals surface area contributed by atoms with Crippen molar-refractivity contribution in [2.75, 3.05) is 62.4 Å². The molecule has 0 spiro atoms. The van der Waals surface area contributed by atoms with E-state index in [1.165, 1.54) is 0 Å². The van der Waals surface area contributed by atoms with Crippen molar-refractivity contribution < 1.29 is 9.47 Å². The maximum absolute atomic E-state index is 7.57. The monoisotopic (exact) mass is 445 g/mol. The van der Waals surface area contributed by atoms with Gasteiger partial charge in [0, 0.05) is 42.5 Å². The molecule has 5 rings (SSSR count). The summed E-state index contributed by atoms with van der Waals surface area (Å²) in [4.78, 5) is 9.66. The molecule has 9 nitrogen and oxygen atoms in total. The summed E-state index contributed by atoms with van der Waals surface area (Å²) in [6, 6.07) is 15.4. The molecule has 0 saturated carbocycles. The minimum atomic E-state index is 0.0296. The standard InChI is InChI=1S/C24H27N7O2/c25-22(26)17-5-7-18(8-6-17)28-29-21-19-3-1-2-4-20(19)23(30-9-13-32-14-10-30)27-24(21)31-11-15-33-16-12-31/h1-8H,9-16H2,(H3,25,26). The number of hydrogen-bond acceptors (Lipinski definition) is 8. The number of rotatable bonds is 5. The molecule has 3 N–H and O–H groups in total. The van der Waals surface area contributed by atoms with E-state index in [0.29, 0.717) is 37.7 Å².